The molecule has 1 heterocycles. The van der Waals surface area contributed by atoms with Crippen LogP contribution in [0.15, 0.2) is 18.2 Å². The van der Waals surface area contributed by atoms with E-state index in [2.05, 4.69) is 0 Å². The SMILES string of the molecule is CC(=O)O[Si](OC(C)=O)c1ccc2c(c1)COC(C1CCCCC1)(C1CCCCC1)O2. The average molecular weight is 446 g/mol. The quantitative estimate of drug-likeness (QED) is 0.630. The minimum absolute atomic E-state index is 0.430. The number of fused-ring (bicyclic) bond motifs is 1. The van der Waals surface area contributed by atoms with Crippen molar-refractivity contribution in [1.29, 1.82) is 0 Å². The van der Waals surface area contributed by atoms with E-state index in [9.17, 15) is 9.59 Å². The second kappa shape index (κ2) is 9.73. The largest absolute Gasteiger partial charge is 0.576 e. The van der Waals surface area contributed by atoms with Crippen LogP contribution in [-0.2, 0) is 29.8 Å². The van der Waals surface area contributed by atoms with E-state index in [1.165, 1.54) is 52.4 Å². The van der Waals surface area contributed by atoms with Gasteiger partial charge in [-0.3, -0.25) is 9.59 Å². The molecule has 1 radical (unpaired) electrons. The van der Waals surface area contributed by atoms with Gasteiger partial charge in [0, 0.05) is 36.4 Å². The molecule has 2 aliphatic carbocycles. The van der Waals surface area contributed by atoms with Crippen molar-refractivity contribution in [3.05, 3.63) is 23.8 Å². The number of carbonyl (C=O) groups excluding carboxylic acids is 2. The molecule has 31 heavy (non-hydrogen) atoms. The molecule has 0 unspecified atom stereocenters. The fourth-order valence-electron chi connectivity index (χ4n) is 5.46. The Bertz CT molecular complexity index is 763. The van der Waals surface area contributed by atoms with Crippen LogP contribution in [0.25, 0.3) is 0 Å². The van der Waals surface area contributed by atoms with Gasteiger partial charge in [-0.15, -0.1) is 0 Å². The number of hydrogen-bond donors (Lipinski definition) is 0. The van der Waals surface area contributed by atoms with E-state index < -0.39 is 27.0 Å². The fourth-order valence-corrected chi connectivity index (χ4v) is 6.77. The third-order valence-electron chi connectivity index (χ3n) is 6.84. The molecule has 6 nitrogen and oxygen atoms in total. The summed E-state index contributed by atoms with van der Waals surface area (Å²) in [5.74, 6) is 0.244. The van der Waals surface area contributed by atoms with E-state index in [0.717, 1.165) is 37.0 Å². The molecule has 0 amide bonds. The molecule has 1 aliphatic heterocycles. The molecule has 4 rings (SSSR count). The Hall–Kier alpha value is -1.86. The predicted molar refractivity (Wildman–Crippen MR) is 117 cm³/mol. The second-order valence-electron chi connectivity index (χ2n) is 9.08. The van der Waals surface area contributed by atoms with Gasteiger partial charge in [0.2, 0.25) is 5.79 Å². The maximum Gasteiger partial charge on any atom is 0.576 e. The van der Waals surface area contributed by atoms with Crippen molar-refractivity contribution in [2.24, 2.45) is 11.8 Å². The molecule has 0 N–H and O–H groups in total. The van der Waals surface area contributed by atoms with Crippen molar-refractivity contribution in [2.75, 3.05) is 0 Å². The molecule has 0 spiro atoms. The molecule has 169 valence electrons. The van der Waals surface area contributed by atoms with Gasteiger partial charge in [0.25, 0.3) is 11.9 Å². The minimum atomic E-state index is -2.23. The van der Waals surface area contributed by atoms with Gasteiger partial charge in [0.1, 0.15) is 5.75 Å². The number of hydrogen-bond acceptors (Lipinski definition) is 6. The Kier molecular flexibility index (Phi) is 7.01. The van der Waals surface area contributed by atoms with Gasteiger partial charge < -0.3 is 18.3 Å². The highest BCUT2D eigenvalue weighted by atomic mass is 28.3. The molecule has 3 aliphatic rings. The second-order valence-corrected chi connectivity index (χ2v) is 10.6. The van der Waals surface area contributed by atoms with Gasteiger partial charge in [0.05, 0.1) is 6.61 Å². The maximum absolute atomic E-state index is 11.5. The summed E-state index contributed by atoms with van der Waals surface area (Å²) < 4.78 is 24.0. The van der Waals surface area contributed by atoms with Crippen LogP contribution >= 0.6 is 0 Å². The van der Waals surface area contributed by atoms with Crippen molar-refractivity contribution in [3.8, 4) is 5.75 Å². The summed E-state index contributed by atoms with van der Waals surface area (Å²) in [6, 6.07) is 5.70. The summed E-state index contributed by atoms with van der Waals surface area (Å²) in [7, 11) is -2.23. The Labute approximate surface area is 186 Å². The molecule has 0 aromatic heterocycles. The zero-order chi connectivity index (χ0) is 21.8. The molecular weight excluding hydrogens is 412 g/mol. The summed E-state index contributed by atoms with van der Waals surface area (Å²) in [6.07, 6.45) is 12.2. The molecule has 1 aromatic carbocycles. The predicted octanol–water partition coefficient (Wildman–Crippen LogP) is 4.27. The maximum atomic E-state index is 11.5. The van der Waals surface area contributed by atoms with E-state index in [1.807, 2.05) is 18.2 Å². The average Bonchev–Trinajstić information content (AvgIpc) is 2.78. The number of carbonyl (C=O) groups is 2. The molecule has 0 saturated heterocycles. The van der Waals surface area contributed by atoms with Crippen LogP contribution in [0.4, 0.5) is 0 Å². The molecular formula is C24H33O6Si. The zero-order valence-corrected chi connectivity index (χ0v) is 19.6. The van der Waals surface area contributed by atoms with Crippen LogP contribution in [0.1, 0.15) is 83.6 Å². The molecule has 2 saturated carbocycles. The Morgan fingerprint density at radius 1 is 0.903 bits per heavy atom. The van der Waals surface area contributed by atoms with Crippen molar-refractivity contribution in [2.45, 2.75) is 90.4 Å². The lowest BCUT2D eigenvalue weighted by molar-refractivity contribution is -0.278. The van der Waals surface area contributed by atoms with Gasteiger partial charge in [0.15, 0.2) is 0 Å². The standard InChI is InChI=1S/C24H33O6Si/c1-17(25)29-31(30-18(2)26)22-13-14-23-19(15-22)16-27-24(28-23,20-9-5-3-6-10-20)21-11-7-4-8-12-21/h13-15,20-21H,3-12,16H2,1-2H3. The molecule has 0 atom stereocenters. The molecule has 2 fully saturated rings. The van der Waals surface area contributed by atoms with Gasteiger partial charge in [-0.1, -0.05) is 44.6 Å². The van der Waals surface area contributed by atoms with Crippen LogP contribution in [0.5, 0.6) is 5.75 Å². The third-order valence-corrected chi connectivity index (χ3v) is 8.57. The molecule has 0 bridgehead atoms. The van der Waals surface area contributed by atoms with E-state index in [1.54, 1.807) is 0 Å². The topological polar surface area (TPSA) is 71.1 Å². The summed E-state index contributed by atoms with van der Waals surface area (Å²) >= 11 is 0. The van der Waals surface area contributed by atoms with E-state index in [-0.39, 0.29) is 0 Å². The third kappa shape index (κ3) is 4.98. The van der Waals surface area contributed by atoms with Gasteiger partial charge >= 0.3 is 9.28 Å². The summed E-state index contributed by atoms with van der Waals surface area (Å²) in [6.45, 7) is 3.11. The first kappa shape index (κ1) is 22.3. The van der Waals surface area contributed by atoms with Gasteiger partial charge in [-0.25, -0.2) is 0 Å². The highest BCUT2D eigenvalue weighted by molar-refractivity contribution is 6.64. The molecule has 1 aromatic rings. The van der Waals surface area contributed by atoms with E-state index in [0.29, 0.717) is 23.6 Å². The fraction of sp³-hybridized carbons (Fsp3) is 0.667. The highest BCUT2D eigenvalue weighted by Crippen LogP contribution is 2.49. The van der Waals surface area contributed by atoms with Crippen LogP contribution in [0, 0.1) is 11.8 Å². The lowest BCUT2D eigenvalue weighted by atomic mass is 9.72. The number of benzene rings is 1. The highest BCUT2D eigenvalue weighted by Gasteiger charge is 2.51. The van der Waals surface area contributed by atoms with Crippen LogP contribution in [0.2, 0.25) is 0 Å². The zero-order valence-electron chi connectivity index (χ0n) is 18.6. The first-order valence-electron chi connectivity index (χ1n) is 11.7. The normalized spacial score (nSPS) is 21.8. The van der Waals surface area contributed by atoms with Gasteiger partial charge in [-0.2, -0.15) is 0 Å². The van der Waals surface area contributed by atoms with Crippen LogP contribution in [-0.4, -0.2) is 27.0 Å². The molecule has 7 heteroatoms. The minimum Gasteiger partial charge on any atom is -0.480 e. The van der Waals surface area contributed by atoms with Crippen molar-refractivity contribution < 1.29 is 27.9 Å². The van der Waals surface area contributed by atoms with Crippen molar-refractivity contribution in [3.63, 3.8) is 0 Å². The van der Waals surface area contributed by atoms with E-state index >= 15 is 0 Å². The number of rotatable bonds is 5. The summed E-state index contributed by atoms with van der Waals surface area (Å²) in [5, 5.41) is 0.698. The summed E-state index contributed by atoms with van der Waals surface area (Å²) in [4.78, 5) is 23.0. The summed E-state index contributed by atoms with van der Waals surface area (Å²) in [5.41, 5.74) is 0.918. The lowest BCUT2D eigenvalue weighted by Crippen LogP contribution is -2.55. The smallest absolute Gasteiger partial charge is 0.480 e. The Morgan fingerprint density at radius 3 is 1.97 bits per heavy atom. The lowest BCUT2D eigenvalue weighted by Gasteiger charge is -2.50. The first-order chi connectivity index (χ1) is 15.0. The van der Waals surface area contributed by atoms with Gasteiger partial charge in [-0.05, 0) is 37.8 Å². The van der Waals surface area contributed by atoms with Crippen LogP contribution in [0.3, 0.4) is 0 Å². The first-order valence-corrected chi connectivity index (χ1v) is 13.0. The van der Waals surface area contributed by atoms with Crippen molar-refractivity contribution >= 4 is 26.4 Å². The van der Waals surface area contributed by atoms with Crippen molar-refractivity contribution in [1.82, 2.24) is 0 Å². The van der Waals surface area contributed by atoms with Crippen LogP contribution < -0.4 is 9.92 Å². The monoisotopic (exact) mass is 445 g/mol. The Balaban J connectivity index is 1.61. The Morgan fingerprint density at radius 2 is 1.45 bits per heavy atom. The van der Waals surface area contributed by atoms with E-state index in [4.69, 9.17) is 18.3 Å². The number of ether oxygens (including phenoxy) is 2.